The van der Waals surface area contributed by atoms with E-state index in [1.807, 2.05) is 42.6 Å². The van der Waals surface area contributed by atoms with Crippen LogP contribution < -0.4 is 14.7 Å². The van der Waals surface area contributed by atoms with Gasteiger partial charge in [-0.15, -0.1) is 0 Å². The highest BCUT2D eigenvalue weighted by molar-refractivity contribution is 6.28. The molecule has 0 bridgehead atoms. The first kappa shape index (κ1) is 21.4. The molecule has 2 aromatic heterocycles. The quantitative estimate of drug-likeness (QED) is 0.361. The summed E-state index contributed by atoms with van der Waals surface area (Å²) in [5.41, 5.74) is 5.18. The zero-order chi connectivity index (χ0) is 24.2. The van der Waals surface area contributed by atoms with Crippen molar-refractivity contribution in [2.75, 3.05) is 54.0 Å². The molecule has 0 saturated carbocycles. The van der Waals surface area contributed by atoms with Crippen molar-refractivity contribution in [3.8, 4) is 11.3 Å². The maximum absolute atomic E-state index is 13.9. The maximum Gasteiger partial charge on any atom is 0.196 e. The van der Waals surface area contributed by atoms with Crippen LogP contribution in [0.25, 0.3) is 22.2 Å². The van der Waals surface area contributed by atoms with Crippen LogP contribution in [0.15, 0.2) is 59.3 Å². The number of rotatable bonds is 3. The Kier molecular flexibility index (Phi) is 4.98. The van der Waals surface area contributed by atoms with Gasteiger partial charge in [0.15, 0.2) is 11.5 Å². The number of anilines is 3. The number of carbonyl (C=O) groups excluding carboxylic acids is 1. The Labute approximate surface area is 210 Å². The van der Waals surface area contributed by atoms with Crippen molar-refractivity contribution < 1.29 is 9.32 Å². The van der Waals surface area contributed by atoms with Crippen LogP contribution in [0.2, 0.25) is 0 Å². The summed E-state index contributed by atoms with van der Waals surface area (Å²) < 4.78 is 5.98. The van der Waals surface area contributed by atoms with Gasteiger partial charge in [0.05, 0.1) is 22.3 Å². The number of fused-ring (bicyclic) bond motifs is 2. The molecule has 3 aliphatic rings. The van der Waals surface area contributed by atoms with Crippen LogP contribution >= 0.6 is 0 Å². The monoisotopic (exact) mass is 479 g/mol. The number of ketones is 1. The first-order valence-electron chi connectivity index (χ1n) is 13.0. The van der Waals surface area contributed by atoms with Gasteiger partial charge in [-0.25, -0.2) is 4.98 Å². The van der Waals surface area contributed by atoms with Crippen molar-refractivity contribution in [3.63, 3.8) is 0 Å². The molecule has 7 nitrogen and oxygen atoms in total. The van der Waals surface area contributed by atoms with Crippen LogP contribution in [0.3, 0.4) is 0 Å². The largest absolute Gasteiger partial charge is 0.371 e. The SMILES string of the molecule is CC1CCN(c2cc(N3CCN(c4ccccn4)CC3)c3noc4c3c2C(=O)c2ccccc2-4)CC1. The minimum absolute atomic E-state index is 0.0754. The summed E-state index contributed by atoms with van der Waals surface area (Å²) in [7, 11) is 0. The number of pyridine rings is 1. The summed E-state index contributed by atoms with van der Waals surface area (Å²) in [6.07, 6.45) is 4.12. The molecule has 1 aliphatic carbocycles. The lowest BCUT2D eigenvalue weighted by Crippen LogP contribution is -2.47. The normalized spacial score (nSPS) is 18.1. The van der Waals surface area contributed by atoms with E-state index in [4.69, 9.17) is 4.52 Å². The predicted octanol–water partition coefficient (Wildman–Crippen LogP) is 5.00. The van der Waals surface area contributed by atoms with Gasteiger partial charge in [-0.05, 0) is 37.0 Å². The van der Waals surface area contributed by atoms with Gasteiger partial charge in [-0.2, -0.15) is 0 Å². The summed E-state index contributed by atoms with van der Waals surface area (Å²) in [6.45, 7) is 7.70. The number of piperidine rings is 1. The van der Waals surface area contributed by atoms with Gasteiger partial charge in [0.2, 0.25) is 0 Å². The molecule has 2 fully saturated rings. The van der Waals surface area contributed by atoms with Gasteiger partial charge < -0.3 is 19.2 Å². The van der Waals surface area contributed by atoms with Crippen LogP contribution in [0.4, 0.5) is 17.2 Å². The lowest BCUT2D eigenvalue weighted by Gasteiger charge is -2.38. The second kappa shape index (κ2) is 8.36. The summed E-state index contributed by atoms with van der Waals surface area (Å²) in [5, 5.41) is 5.43. The third kappa shape index (κ3) is 3.29. The van der Waals surface area contributed by atoms with Crippen molar-refractivity contribution in [2.24, 2.45) is 5.92 Å². The third-order valence-electron chi connectivity index (χ3n) is 8.08. The summed E-state index contributed by atoms with van der Waals surface area (Å²) >= 11 is 0. The van der Waals surface area contributed by atoms with E-state index in [0.29, 0.717) is 11.5 Å². The van der Waals surface area contributed by atoms with Crippen molar-refractivity contribution >= 4 is 33.9 Å². The zero-order valence-corrected chi connectivity index (χ0v) is 20.5. The smallest absolute Gasteiger partial charge is 0.196 e. The summed E-state index contributed by atoms with van der Waals surface area (Å²) in [5.74, 6) is 2.52. The molecule has 0 N–H and O–H groups in total. The Balaban J connectivity index is 1.34. The number of benzene rings is 2. The summed E-state index contributed by atoms with van der Waals surface area (Å²) in [4.78, 5) is 25.5. The highest BCUT2D eigenvalue weighted by atomic mass is 16.5. The van der Waals surface area contributed by atoms with E-state index in [2.05, 4.69) is 43.9 Å². The van der Waals surface area contributed by atoms with Crippen LogP contribution in [0, 0.1) is 5.92 Å². The third-order valence-corrected chi connectivity index (χ3v) is 8.08. The molecule has 2 aromatic carbocycles. The van der Waals surface area contributed by atoms with Crippen molar-refractivity contribution in [1.82, 2.24) is 10.1 Å². The van der Waals surface area contributed by atoms with E-state index in [1.165, 1.54) is 0 Å². The number of hydrogen-bond donors (Lipinski definition) is 0. The molecule has 4 heterocycles. The van der Waals surface area contributed by atoms with Gasteiger partial charge >= 0.3 is 0 Å². The Morgan fingerprint density at radius 1 is 0.833 bits per heavy atom. The molecule has 0 amide bonds. The number of hydrogen-bond acceptors (Lipinski definition) is 7. The molecule has 0 atom stereocenters. The molecule has 2 saturated heterocycles. The standard InChI is InChI=1S/C29H29N5O2/c1-19-9-12-32(13-10-19)22-18-23(33-14-16-34(17-15-33)24-8-4-5-11-30-24)27-26-25(22)28(35)20-6-2-3-7-21(20)29(26)36-31-27/h2-8,11,18-19H,9-10,12-17H2,1H3. The molecule has 0 spiro atoms. The second-order valence-electron chi connectivity index (χ2n) is 10.2. The number of carbonyl (C=O) groups is 1. The molecule has 0 radical (unpaired) electrons. The molecular formula is C29H29N5O2. The van der Waals surface area contributed by atoms with E-state index < -0.39 is 0 Å². The fourth-order valence-electron chi connectivity index (χ4n) is 5.98. The molecule has 36 heavy (non-hydrogen) atoms. The van der Waals surface area contributed by atoms with Crippen LogP contribution in [-0.4, -0.2) is 55.2 Å². The highest BCUT2D eigenvalue weighted by Gasteiger charge is 2.36. The van der Waals surface area contributed by atoms with Gasteiger partial charge in [0, 0.05) is 56.6 Å². The van der Waals surface area contributed by atoms with E-state index in [9.17, 15) is 4.79 Å². The number of nitrogens with zero attached hydrogens (tertiary/aromatic N) is 5. The minimum atomic E-state index is 0.0754. The van der Waals surface area contributed by atoms with E-state index >= 15 is 0 Å². The number of aromatic nitrogens is 2. The van der Waals surface area contributed by atoms with E-state index in [1.54, 1.807) is 0 Å². The molecular weight excluding hydrogens is 450 g/mol. The molecule has 7 rings (SSSR count). The minimum Gasteiger partial charge on any atom is -0.371 e. The summed E-state index contributed by atoms with van der Waals surface area (Å²) in [6, 6.07) is 16.0. The Morgan fingerprint density at radius 2 is 1.53 bits per heavy atom. The molecule has 4 aromatic rings. The lowest BCUT2D eigenvalue weighted by molar-refractivity contribution is 0.104. The van der Waals surface area contributed by atoms with Crippen molar-refractivity contribution in [1.29, 1.82) is 0 Å². The van der Waals surface area contributed by atoms with Gasteiger partial charge in [-0.1, -0.05) is 42.4 Å². The average Bonchev–Trinajstić information content (AvgIpc) is 3.38. The van der Waals surface area contributed by atoms with Crippen LogP contribution in [0.5, 0.6) is 0 Å². The van der Waals surface area contributed by atoms with Crippen molar-refractivity contribution in [2.45, 2.75) is 19.8 Å². The van der Waals surface area contributed by atoms with Gasteiger partial charge in [0.1, 0.15) is 11.3 Å². The molecule has 0 unspecified atom stereocenters. The molecule has 182 valence electrons. The first-order chi connectivity index (χ1) is 17.7. The first-order valence-corrected chi connectivity index (χ1v) is 13.0. The van der Waals surface area contributed by atoms with E-state index in [-0.39, 0.29) is 5.78 Å². The number of piperazine rings is 1. The van der Waals surface area contributed by atoms with Gasteiger partial charge in [0.25, 0.3) is 0 Å². The highest BCUT2D eigenvalue weighted by Crippen LogP contribution is 2.47. The Bertz CT molecular complexity index is 1450. The van der Waals surface area contributed by atoms with Crippen LogP contribution in [-0.2, 0) is 0 Å². The maximum atomic E-state index is 13.9. The fourth-order valence-corrected chi connectivity index (χ4v) is 5.98. The average molecular weight is 480 g/mol. The zero-order valence-electron chi connectivity index (χ0n) is 20.5. The Hall–Kier alpha value is -3.87. The van der Waals surface area contributed by atoms with Crippen LogP contribution in [0.1, 0.15) is 35.7 Å². The molecule has 2 aliphatic heterocycles. The van der Waals surface area contributed by atoms with Crippen molar-refractivity contribution in [3.05, 3.63) is 65.9 Å². The van der Waals surface area contributed by atoms with E-state index in [0.717, 1.165) is 97.1 Å². The lowest BCUT2D eigenvalue weighted by atomic mass is 9.85. The topological polar surface area (TPSA) is 65.7 Å². The molecule has 7 heteroatoms. The fraction of sp³-hybridized carbons (Fsp3) is 0.345. The second-order valence-corrected chi connectivity index (χ2v) is 10.2. The predicted molar refractivity (Wildman–Crippen MR) is 142 cm³/mol. The van der Waals surface area contributed by atoms with Gasteiger partial charge in [-0.3, -0.25) is 4.79 Å². The Morgan fingerprint density at radius 3 is 2.28 bits per heavy atom.